The normalized spacial score (nSPS) is 27.8. The smallest absolute Gasteiger partial charge is 0.260 e. The van der Waals surface area contributed by atoms with Gasteiger partial charge in [-0.2, -0.15) is 4.98 Å². The molecule has 2 N–H and O–H groups in total. The minimum absolute atomic E-state index is 0.0910. The summed E-state index contributed by atoms with van der Waals surface area (Å²) in [6, 6.07) is 5.99. The van der Waals surface area contributed by atoms with Gasteiger partial charge in [-0.3, -0.25) is 4.79 Å². The van der Waals surface area contributed by atoms with Gasteiger partial charge in [0, 0.05) is 42.5 Å². The molecule has 1 saturated heterocycles. The van der Waals surface area contributed by atoms with Crippen molar-refractivity contribution in [1.82, 2.24) is 19.5 Å². The average Bonchev–Trinajstić information content (AvgIpc) is 3.62. The van der Waals surface area contributed by atoms with Gasteiger partial charge in [0.1, 0.15) is 12.1 Å². The van der Waals surface area contributed by atoms with E-state index in [1.54, 1.807) is 4.90 Å². The molecular formula is C22H27F2N5O2. The summed E-state index contributed by atoms with van der Waals surface area (Å²) in [6.07, 6.45) is 5.11. The fourth-order valence-corrected chi connectivity index (χ4v) is 5.42. The molecule has 3 heterocycles. The van der Waals surface area contributed by atoms with Gasteiger partial charge in [0.05, 0.1) is 0 Å². The summed E-state index contributed by atoms with van der Waals surface area (Å²) >= 11 is 0. The van der Waals surface area contributed by atoms with Crippen molar-refractivity contribution in [1.29, 1.82) is 0 Å². The highest BCUT2D eigenvalue weighted by atomic mass is 19.3. The lowest BCUT2D eigenvalue weighted by molar-refractivity contribution is -0.149. The van der Waals surface area contributed by atoms with E-state index in [-0.39, 0.29) is 17.7 Å². The maximum atomic E-state index is 13.2. The van der Waals surface area contributed by atoms with Crippen LogP contribution in [0, 0.1) is 17.3 Å². The largest absolute Gasteiger partial charge is 0.373 e. The van der Waals surface area contributed by atoms with Crippen LogP contribution in [0.5, 0.6) is 0 Å². The Balaban J connectivity index is 1.10. The molecule has 6 rings (SSSR count). The number of carbonyl (C=O) groups excluding carboxylic acids is 1. The minimum Gasteiger partial charge on any atom is -0.373 e. The first-order valence-corrected chi connectivity index (χ1v) is 11.3. The molecule has 1 amide bonds. The third-order valence-corrected chi connectivity index (χ3v) is 7.69. The molecule has 0 radical (unpaired) electrons. The van der Waals surface area contributed by atoms with Gasteiger partial charge in [-0.15, -0.1) is 5.10 Å². The zero-order valence-electron chi connectivity index (χ0n) is 17.3. The predicted molar refractivity (Wildman–Crippen MR) is 109 cm³/mol. The van der Waals surface area contributed by atoms with E-state index in [0.29, 0.717) is 30.9 Å². The van der Waals surface area contributed by atoms with Gasteiger partial charge >= 0.3 is 0 Å². The molecule has 0 bridgehead atoms. The van der Waals surface area contributed by atoms with E-state index in [4.69, 9.17) is 0 Å². The number of alkyl halides is 2. The quantitative estimate of drug-likeness (QED) is 0.712. The molecule has 7 nitrogen and oxygen atoms in total. The van der Waals surface area contributed by atoms with Crippen LogP contribution < -0.4 is 5.32 Å². The summed E-state index contributed by atoms with van der Waals surface area (Å²) in [5.41, 5.74) is 1.96. The van der Waals surface area contributed by atoms with E-state index in [1.165, 1.54) is 0 Å². The fourth-order valence-electron chi connectivity index (χ4n) is 5.42. The summed E-state index contributed by atoms with van der Waals surface area (Å²) in [4.78, 5) is 18.3. The number of nitrogens with zero attached hydrogens (tertiary/aromatic N) is 4. The van der Waals surface area contributed by atoms with Crippen LogP contribution in [0.2, 0.25) is 0 Å². The Kier molecular flexibility index (Phi) is 4.13. The third kappa shape index (κ3) is 3.37. The van der Waals surface area contributed by atoms with Crippen molar-refractivity contribution in [3.63, 3.8) is 0 Å². The van der Waals surface area contributed by atoms with Crippen molar-refractivity contribution in [2.45, 2.75) is 63.0 Å². The van der Waals surface area contributed by atoms with Gasteiger partial charge in [0.25, 0.3) is 5.92 Å². The standard InChI is InChI=1S/C22H27F2N5O2/c23-22(24)10-15(22)19(31)28-11-21(12-28)8-6-13(7-9-21)16-2-1-3-17-25-20(27-29(16)17)26-18(30)14-4-5-14/h1-3,13-15,18,30H,4-12H2,(H,26,27). The predicted octanol–water partition coefficient (Wildman–Crippen LogP) is 3.01. The number of fused-ring (bicyclic) bond motifs is 1. The van der Waals surface area contributed by atoms with Gasteiger partial charge in [0.15, 0.2) is 5.65 Å². The molecule has 3 saturated carbocycles. The van der Waals surface area contributed by atoms with Crippen molar-refractivity contribution in [3.8, 4) is 0 Å². The molecule has 2 aromatic rings. The lowest BCUT2D eigenvalue weighted by Gasteiger charge is -2.53. The number of hydrogen-bond acceptors (Lipinski definition) is 5. The third-order valence-electron chi connectivity index (χ3n) is 7.69. The lowest BCUT2D eigenvalue weighted by atomic mass is 9.65. The Morgan fingerprint density at radius 3 is 2.55 bits per heavy atom. The summed E-state index contributed by atoms with van der Waals surface area (Å²) in [5, 5.41) is 17.7. The van der Waals surface area contributed by atoms with E-state index >= 15 is 0 Å². The fraction of sp³-hybridized carbons (Fsp3) is 0.682. The molecule has 2 atom stereocenters. The van der Waals surface area contributed by atoms with Crippen molar-refractivity contribution < 1.29 is 18.7 Å². The molecule has 4 aliphatic rings. The number of amides is 1. The molecule has 31 heavy (non-hydrogen) atoms. The number of halogens is 2. The average molecular weight is 431 g/mol. The number of aliphatic hydroxyl groups is 1. The number of aromatic nitrogens is 3. The highest BCUT2D eigenvalue weighted by Crippen LogP contribution is 2.53. The second kappa shape index (κ2) is 6.60. The number of likely N-dealkylation sites (tertiary alicyclic amines) is 1. The SMILES string of the molecule is O=C(C1CC1(F)F)N1CC2(CCC(c3cccc4nc(NC(O)C5CC5)nn34)CC2)C1. The number of pyridine rings is 1. The van der Waals surface area contributed by atoms with E-state index in [2.05, 4.69) is 21.5 Å². The zero-order chi connectivity index (χ0) is 21.4. The van der Waals surface area contributed by atoms with E-state index < -0.39 is 18.1 Å². The Bertz CT molecular complexity index is 1020. The topological polar surface area (TPSA) is 82.8 Å². The van der Waals surface area contributed by atoms with Crippen LogP contribution >= 0.6 is 0 Å². The number of carbonyl (C=O) groups is 1. The Morgan fingerprint density at radius 2 is 1.90 bits per heavy atom. The zero-order valence-corrected chi connectivity index (χ0v) is 17.3. The highest BCUT2D eigenvalue weighted by Gasteiger charge is 2.64. The minimum atomic E-state index is -2.78. The molecule has 1 spiro atoms. The number of anilines is 1. The Labute approximate surface area is 178 Å². The Morgan fingerprint density at radius 1 is 1.19 bits per heavy atom. The molecule has 3 aliphatic carbocycles. The molecule has 4 fully saturated rings. The summed E-state index contributed by atoms with van der Waals surface area (Å²) in [5.74, 6) is -3.14. The van der Waals surface area contributed by atoms with Gasteiger partial charge < -0.3 is 15.3 Å². The van der Waals surface area contributed by atoms with Crippen LogP contribution in [0.3, 0.4) is 0 Å². The summed E-state index contributed by atoms with van der Waals surface area (Å²) in [7, 11) is 0. The first kappa shape index (κ1) is 19.4. The van der Waals surface area contributed by atoms with Crippen molar-refractivity contribution >= 4 is 17.5 Å². The van der Waals surface area contributed by atoms with E-state index in [9.17, 15) is 18.7 Å². The Hall–Kier alpha value is -2.29. The number of nitrogens with one attached hydrogen (secondary N) is 1. The molecule has 0 aromatic carbocycles. The van der Waals surface area contributed by atoms with Crippen molar-refractivity contribution in [2.75, 3.05) is 18.4 Å². The molecule has 166 valence electrons. The van der Waals surface area contributed by atoms with Gasteiger partial charge in [-0.1, -0.05) is 6.07 Å². The van der Waals surface area contributed by atoms with E-state index in [1.807, 2.05) is 16.6 Å². The van der Waals surface area contributed by atoms with Crippen molar-refractivity contribution in [3.05, 3.63) is 23.9 Å². The van der Waals surface area contributed by atoms with Gasteiger partial charge in [0.2, 0.25) is 11.9 Å². The van der Waals surface area contributed by atoms with Crippen LogP contribution in [0.15, 0.2) is 18.2 Å². The van der Waals surface area contributed by atoms with Crippen LogP contribution in [-0.2, 0) is 4.79 Å². The highest BCUT2D eigenvalue weighted by molar-refractivity contribution is 5.83. The molecular weight excluding hydrogens is 404 g/mol. The summed E-state index contributed by atoms with van der Waals surface area (Å²) in [6.45, 7) is 1.23. The van der Waals surface area contributed by atoms with Crippen molar-refractivity contribution in [2.24, 2.45) is 17.3 Å². The second-order valence-electron chi connectivity index (χ2n) is 10.1. The van der Waals surface area contributed by atoms with Gasteiger partial charge in [-0.25, -0.2) is 13.3 Å². The number of aliphatic hydroxyl groups excluding tert-OH is 1. The first-order chi connectivity index (χ1) is 14.8. The van der Waals surface area contributed by atoms with Gasteiger partial charge in [-0.05, 0) is 50.7 Å². The van der Waals surface area contributed by atoms with Crippen LogP contribution in [-0.4, -0.2) is 55.8 Å². The molecule has 9 heteroatoms. The first-order valence-electron chi connectivity index (χ1n) is 11.3. The lowest BCUT2D eigenvalue weighted by Crippen LogP contribution is -2.60. The molecule has 2 aromatic heterocycles. The second-order valence-corrected chi connectivity index (χ2v) is 10.1. The summed E-state index contributed by atoms with van der Waals surface area (Å²) < 4.78 is 28.3. The maximum absolute atomic E-state index is 13.2. The van der Waals surface area contributed by atoms with Crippen LogP contribution in [0.25, 0.3) is 5.65 Å². The van der Waals surface area contributed by atoms with Crippen LogP contribution in [0.4, 0.5) is 14.7 Å². The molecule has 2 unspecified atom stereocenters. The monoisotopic (exact) mass is 431 g/mol. The maximum Gasteiger partial charge on any atom is 0.260 e. The number of rotatable bonds is 5. The number of hydrogen-bond donors (Lipinski definition) is 2. The van der Waals surface area contributed by atoms with Crippen LogP contribution in [0.1, 0.15) is 56.6 Å². The molecule has 1 aliphatic heterocycles. The van der Waals surface area contributed by atoms with E-state index in [0.717, 1.165) is 49.9 Å².